The van der Waals surface area contributed by atoms with Crippen LogP contribution in [-0.2, 0) is 4.74 Å². The summed E-state index contributed by atoms with van der Waals surface area (Å²) in [6.07, 6.45) is 1.58. The fourth-order valence-corrected chi connectivity index (χ4v) is 3.32. The number of hydrogen-bond donors (Lipinski definition) is 0. The highest BCUT2D eigenvalue weighted by molar-refractivity contribution is 5.95. The summed E-state index contributed by atoms with van der Waals surface area (Å²) in [5.41, 5.74) is 3.54. The second-order valence-corrected chi connectivity index (χ2v) is 6.41. The minimum atomic E-state index is -0.0848. The van der Waals surface area contributed by atoms with Gasteiger partial charge in [0.25, 0.3) is 5.91 Å². The number of benzene rings is 2. The van der Waals surface area contributed by atoms with Crippen LogP contribution in [0.2, 0.25) is 0 Å². The highest BCUT2D eigenvalue weighted by Crippen LogP contribution is 2.24. The molecule has 1 atom stereocenters. The van der Waals surface area contributed by atoms with Gasteiger partial charge < -0.3 is 9.64 Å². The second kappa shape index (κ2) is 7.14. The lowest BCUT2D eigenvalue weighted by Crippen LogP contribution is -2.42. The van der Waals surface area contributed by atoms with E-state index in [1.807, 2.05) is 77.2 Å². The number of rotatable bonds is 3. The Morgan fingerprint density at radius 3 is 2.50 bits per heavy atom. The van der Waals surface area contributed by atoms with Crippen molar-refractivity contribution in [3.05, 3.63) is 83.7 Å². The maximum Gasteiger partial charge on any atom is 0.257 e. The molecular weight excluding hydrogens is 326 g/mol. The molecule has 5 nitrogen and oxygen atoms in total. The molecular formula is C21H21N3O2. The van der Waals surface area contributed by atoms with E-state index in [1.165, 1.54) is 0 Å². The molecule has 1 aliphatic heterocycles. The minimum absolute atomic E-state index is 0.00825. The van der Waals surface area contributed by atoms with Gasteiger partial charge in [0.2, 0.25) is 0 Å². The number of hydrogen-bond acceptors (Lipinski definition) is 3. The highest BCUT2D eigenvalue weighted by atomic mass is 16.5. The number of nitrogens with zero attached hydrogens (tertiary/aromatic N) is 3. The summed E-state index contributed by atoms with van der Waals surface area (Å²) in [5, 5.41) is 4.42. The first-order valence-corrected chi connectivity index (χ1v) is 8.80. The molecule has 0 bridgehead atoms. The lowest BCUT2D eigenvalue weighted by Gasteiger charge is -2.33. The summed E-state index contributed by atoms with van der Waals surface area (Å²) in [5.74, 6) is 0.00825. The quantitative estimate of drug-likeness (QED) is 0.730. The second-order valence-electron chi connectivity index (χ2n) is 6.41. The van der Waals surface area contributed by atoms with Crippen molar-refractivity contribution >= 4 is 5.91 Å². The van der Waals surface area contributed by atoms with E-state index in [4.69, 9.17) is 4.74 Å². The molecule has 1 fully saturated rings. The Morgan fingerprint density at radius 2 is 1.77 bits per heavy atom. The molecule has 1 aromatic heterocycles. The number of carbonyl (C=O) groups excluding carboxylic acids is 1. The van der Waals surface area contributed by atoms with Crippen molar-refractivity contribution in [1.82, 2.24) is 14.7 Å². The first-order valence-electron chi connectivity index (χ1n) is 8.80. The van der Waals surface area contributed by atoms with Crippen molar-refractivity contribution < 1.29 is 9.53 Å². The van der Waals surface area contributed by atoms with Gasteiger partial charge in [-0.05, 0) is 24.6 Å². The standard InChI is InChI=1S/C21H21N3O2/c1-16-19(14-22-24(16)18-10-6-3-7-11-18)21(25)23-12-13-26-20(15-23)17-8-4-2-5-9-17/h2-11,14,20H,12-13,15H2,1H3. The maximum absolute atomic E-state index is 13.1. The van der Waals surface area contributed by atoms with E-state index in [9.17, 15) is 4.79 Å². The van der Waals surface area contributed by atoms with Crippen molar-refractivity contribution in [3.63, 3.8) is 0 Å². The van der Waals surface area contributed by atoms with Gasteiger partial charge in [0.1, 0.15) is 6.10 Å². The van der Waals surface area contributed by atoms with E-state index >= 15 is 0 Å². The van der Waals surface area contributed by atoms with E-state index in [-0.39, 0.29) is 12.0 Å². The van der Waals surface area contributed by atoms with Crippen molar-refractivity contribution in [2.75, 3.05) is 19.7 Å². The lowest BCUT2D eigenvalue weighted by molar-refractivity contribution is -0.0228. The molecule has 5 heteroatoms. The van der Waals surface area contributed by atoms with Crippen LogP contribution < -0.4 is 0 Å². The molecule has 0 N–H and O–H groups in total. The molecule has 2 heterocycles. The topological polar surface area (TPSA) is 47.4 Å². The van der Waals surface area contributed by atoms with Crippen molar-refractivity contribution in [2.45, 2.75) is 13.0 Å². The number of para-hydroxylation sites is 1. The van der Waals surface area contributed by atoms with Crippen LogP contribution >= 0.6 is 0 Å². The van der Waals surface area contributed by atoms with E-state index in [0.717, 1.165) is 16.9 Å². The van der Waals surface area contributed by atoms with E-state index in [1.54, 1.807) is 6.20 Å². The van der Waals surface area contributed by atoms with Crippen molar-refractivity contribution in [2.24, 2.45) is 0 Å². The van der Waals surface area contributed by atoms with E-state index in [0.29, 0.717) is 25.3 Å². The summed E-state index contributed by atoms with van der Waals surface area (Å²) < 4.78 is 7.68. The van der Waals surface area contributed by atoms with Gasteiger partial charge in [-0.1, -0.05) is 48.5 Å². The molecule has 1 aliphatic rings. The fourth-order valence-electron chi connectivity index (χ4n) is 3.32. The first kappa shape index (κ1) is 16.5. The van der Waals surface area contributed by atoms with Crippen LogP contribution in [0.25, 0.3) is 5.69 Å². The van der Waals surface area contributed by atoms with Crippen LogP contribution in [0.3, 0.4) is 0 Å². The average Bonchev–Trinajstić information content (AvgIpc) is 3.10. The number of amides is 1. The molecule has 4 rings (SSSR count). The third-order valence-electron chi connectivity index (χ3n) is 4.77. The Balaban J connectivity index is 1.55. The molecule has 0 saturated carbocycles. The van der Waals surface area contributed by atoms with Gasteiger partial charge in [0, 0.05) is 6.54 Å². The maximum atomic E-state index is 13.1. The zero-order valence-corrected chi connectivity index (χ0v) is 14.7. The van der Waals surface area contributed by atoms with Crippen LogP contribution in [0.1, 0.15) is 27.7 Å². The Morgan fingerprint density at radius 1 is 1.08 bits per heavy atom. The van der Waals surface area contributed by atoms with Crippen LogP contribution in [0.15, 0.2) is 66.9 Å². The van der Waals surface area contributed by atoms with E-state index < -0.39 is 0 Å². The molecule has 0 radical (unpaired) electrons. The minimum Gasteiger partial charge on any atom is -0.370 e. The number of morpholine rings is 1. The van der Waals surface area contributed by atoms with Gasteiger partial charge in [-0.2, -0.15) is 5.10 Å². The molecule has 2 aromatic carbocycles. The Kier molecular flexibility index (Phi) is 4.54. The number of aromatic nitrogens is 2. The lowest BCUT2D eigenvalue weighted by atomic mass is 10.1. The summed E-state index contributed by atoms with van der Waals surface area (Å²) in [7, 11) is 0. The molecule has 132 valence electrons. The third kappa shape index (κ3) is 3.13. The normalized spacial score (nSPS) is 17.3. The molecule has 0 spiro atoms. The monoisotopic (exact) mass is 347 g/mol. The van der Waals surface area contributed by atoms with Crippen LogP contribution in [0, 0.1) is 6.92 Å². The Labute approximate surface area is 152 Å². The van der Waals surface area contributed by atoms with Gasteiger partial charge in [0.05, 0.1) is 36.3 Å². The molecule has 1 saturated heterocycles. The molecule has 0 aliphatic carbocycles. The van der Waals surface area contributed by atoms with Gasteiger partial charge in [-0.15, -0.1) is 0 Å². The van der Waals surface area contributed by atoms with Gasteiger partial charge in [0.15, 0.2) is 0 Å². The largest absolute Gasteiger partial charge is 0.370 e. The van der Waals surface area contributed by atoms with Crippen molar-refractivity contribution in [3.8, 4) is 5.69 Å². The first-order chi connectivity index (χ1) is 12.7. The number of ether oxygens (including phenoxy) is 1. The van der Waals surface area contributed by atoms with Crippen molar-refractivity contribution in [1.29, 1.82) is 0 Å². The third-order valence-corrected chi connectivity index (χ3v) is 4.77. The average molecular weight is 347 g/mol. The van der Waals surface area contributed by atoms with Gasteiger partial charge in [-0.25, -0.2) is 4.68 Å². The van der Waals surface area contributed by atoms with Gasteiger partial charge >= 0.3 is 0 Å². The summed E-state index contributed by atoms with van der Waals surface area (Å²) in [6, 6.07) is 19.9. The number of carbonyl (C=O) groups is 1. The van der Waals surface area contributed by atoms with Gasteiger partial charge in [-0.3, -0.25) is 4.79 Å². The predicted molar refractivity (Wildman–Crippen MR) is 99.3 cm³/mol. The SMILES string of the molecule is Cc1c(C(=O)N2CCOC(c3ccccc3)C2)cnn1-c1ccccc1. The van der Waals surface area contributed by atoms with Crippen LogP contribution in [0.4, 0.5) is 0 Å². The summed E-state index contributed by atoms with van der Waals surface area (Å²) >= 11 is 0. The zero-order chi connectivity index (χ0) is 17.9. The highest BCUT2D eigenvalue weighted by Gasteiger charge is 2.28. The summed E-state index contributed by atoms with van der Waals surface area (Å²) in [6.45, 7) is 3.62. The fraction of sp³-hybridized carbons (Fsp3) is 0.238. The Bertz CT molecular complexity index is 890. The van der Waals surface area contributed by atoms with Crippen LogP contribution in [-0.4, -0.2) is 40.3 Å². The molecule has 3 aromatic rings. The Hall–Kier alpha value is -2.92. The molecule has 1 unspecified atom stereocenters. The smallest absolute Gasteiger partial charge is 0.257 e. The zero-order valence-electron chi connectivity index (χ0n) is 14.7. The van der Waals surface area contributed by atoms with E-state index in [2.05, 4.69) is 5.10 Å². The van der Waals surface area contributed by atoms with Crippen LogP contribution in [0.5, 0.6) is 0 Å². The molecule has 26 heavy (non-hydrogen) atoms. The summed E-state index contributed by atoms with van der Waals surface area (Å²) in [4.78, 5) is 14.9. The predicted octanol–water partition coefficient (Wildman–Crippen LogP) is 3.39. The molecule has 1 amide bonds.